The lowest BCUT2D eigenvalue weighted by molar-refractivity contribution is -0.120. The van der Waals surface area contributed by atoms with Gasteiger partial charge in [0.05, 0.1) is 5.69 Å². The first-order chi connectivity index (χ1) is 5.42. The number of aromatic nitrogens is 1. The summed E-state index contributed by atoms with van der Waals surface area (Å²) in [4.78, 5) is 10.0. The second-order valence-electron chi connectivity index (χ2n) is 2.64. The third kappa shape index (κ3) is 0.926. The van der Waals surface area contributed by atoms with E-state index in [4.69, 9.17) is 4.74 Å². The highest BCUT2D eigenvalue weighted by atomic mass is 16.5. The molecule has 0 fully saturated rings. The molecule has 11 heavy (non-hydrogen) atoms. The van der Waals surface area contributed by atoms with Crippen molar-refractivity contribution in [2.45, 2.75) is 19.4 Å². The molecule has 0 saturated carbocycles. The first-order valence-electron chi connectivity index (χ1n) is 3.70. The Morgan fingerprint density at radius 1 is 1.64 bits per heavy atom. The van der Waals surface area contributed by atoms with Gasteiger partial charge in [-0.1, -0.05) is 0 Å². The average Bonchev–Trinajstić information content (AvgIpc) is 2.53. The maximum atomic E-state index is 10.0. The number of rotatable bonds is 2. The Labute approximate surface area is 64.6 Å². The fraction of sp³-hybridized carbons (Fsp3) is 0.375. The Hall–Kier alpha value is -1.25. The minimum Gasteiger partial charge on any atom is -0.427 e. The molecule has 3 heteroatoms. The van der Waals surface area contributed by atoms with Crippen LogP contribution in [-0.4, -0.2) is 11.0 Å². The molecule has 58 valence electrons. The van der Waals surface area contributed by atoms with Crippen LogP contribution in [0.5, 0.6) is 5.75 Å². The number of carbonyl (C=O) groups excluding carboxylic acids is 1. The van der Waals surface area contributed by atoms with Crippen molar-refractivity contribution in [2.24, 2.45) is 0 Å². The third-order valence-electron chi connectivity index (χ3n) is 2.02. The topological polar surface area (TPSA) is 31.2 Å². The van der Waals surface area contributed by atoms with E-state index in [9.17, 15) is 4.79 Å². The molecule has 0 saturated heterocycles. The van der Waals surface area contributed by atoms with Crippen LogP contribution in [0.1, 0.15) is 12.1 Å². The van der Waals surface area contributed by atoms with E-state index < -0.39 is 0 Å². The first kappa shape index (κ1) is 6.46. The van der Waals surface area contributed by atoms with Gasteiger partial charge in [-0.2, -0.15) is 0 Å². The van der Waals surface area contributed by atoms with Gasteiger partial charge in [0.2, 0.25) is 0 Å². The molecular weight excluding hydrogens is 142 g/mol. The van der Waals surface area contributed by atoms with E-state index in [0.29, 0.717) is 6.47 Å². The molecular formula is C8H9NO2. The number of hydrogen-bond donors (Lipinski definition) is 0. The van der Waals surface area contributed by atoms with Gasteiger partial charge in [0.25, 0.3) is 6.47 Å². The Kier molecular flexibility index (Phi) is 1.42. The van der Waals surface area contributed by atoms with Gasteiger partial charge in [-0.05, 0) is 18.9 Å². The van der Waals surface area contributed by atoms with Crippen molar-refractivity contribution in [3.05, 3.63) is 18.0 Å². The first-order valence-corrected chi connectivity index (χ1v) is 3.70. The number of aryl methyl sites for hydroxylation is 1. The normalized spacial score (nSPS) is 14.5. The summed E-state index contributed by atoms with van der Waals surface area (Å²) >= 11 is 0. The zero-order chi connectivity index (χ0) is 7.68. The van der Waals surface area contributed by atoms with Crippen LogP contribution in [0.15, 0.2) is 12.3 Å². The Balaban J connectivity index is 2.34. The van der Waals surface area contributed by atoms with E-state index in [-0.39, 0.29) is 0 Å². The molecule has 0 unspecified atom stereocenters. The van der Waals surface area contributed by atoms with E-state index in [2.05, 4.69) is 4.57 Å². The molecule has 0 amide bonds. The molecule has 0 spiro atoms. The molecule has 1 aromatic heterocycles. The molecule has 1 aliphatic heterocycles. The van der Waals surface area contributed by atoms with E-state index in [1.54, 1.807) is 0 Å². The molecule has 0 bridgehead atoms. The standard InChI is InChI=1S/C8H9NO2/c10-6-11-8-3-5-9-4-1-2-7(8)9/h3,5-6H,1-2,4H2. The van der Waals surface area contributed by atoms with Gasteiger partial charge in [0.15, 0.2) is 5.75 Å². The highest BCUT2D eigenvalue weighted by molar-refractivity contribution is 5.47. The predicted octanol–water partition coefficient (Wildman–Crippen LogP) is 0.969. The summed E-state index contributed by atoms with van der Waals surface area (Å²) in [5.74, 6) is 0.720. The number of ether oxygens (including phenoxy) is 1. The highest BCUT2D eigenvalue weighted by Gasteiger charge is 2.14. The summed E-state index contributed by atoms with van der Waals surface area (Å²) in [6.07, 6.45) is 4.14. The number of fused-ring (bicyclic) bond motifs is 1. The lowest BCUT2D eigenvalue weighted by Crippen LogP contribution is -1.92. The molecule has 0 radical (unpaired) electrons. The van der Waals surface area contributed by atoms with Gasteiger partial charge >= 0.3 is 0 Å². The van der Waals surface area contributed by atoms with Crippen molar-refractivity contribution in [3.8, 4) is 5.75 Å². The van der Waals surface area contributed by atoms with Crippen molar-refractivity contribution in [1.82, 2.24) is 4.57 Å². The summed E-state index contributed by atoms with van der Waals surface area (Å²) in [7, 11) is 0. The number of nitrogens with zero attached hydrogens (tertiary/aromatic N) is 1. The average molecular weight is 151 g/mol. The Morgan fingerprint density at radius 2 is 2.55 bits per heavy atom. The second-order valence-corrected chi connectivity index (χ2v) is 2.64. The molecule has 3 nitrogen and oxygen atoms in total. The smallest absolute Gasteiger partial charge is 0.298 e. The fourth-order valence-corrected chi connectivity index (χ4v) is 1.54. The quantitative estimate of drug-likeness (QED) is 0.590. The third-order valence-corrected chi connectivity index (χ3v) is 2.02. The van der Waals surface area contributed by atoms with Crippen LogP contribution in [0.2, 0.25) is 0 Å². The zero-order valence-electron chi connectivity index (χ0n) is 6.12. The van der Waals surface area contributed by atoms with Gasteiger partial charge < -0.3 is 9.30 Å². The SMILES string of the molecule is O=COc1ccn2c1CCC2. The summed E-state index contributed by atoms with van der Waals surface area (Å²) in [6, 6.07) is 1.84. The minimum atomic E-state index is 0.481. The largest absolute Gasteiger partial charge is 0.427 e. The highest BCUT2D eigenvalue weighted by Crippen LogP contribution is 2.25. The maximum absolute atomic E-state index is 10.0. The monoisotopic (exact) mass is 151 g/mol. The van der Waals surface area contributed by atoms with E-state index in [0.717, 1.165) is 30.8 Å². The Morgan fingerprint density at radius 3 is 3.36 bits per heavy atom. The van der Waals surface area contributed by atoms with E-state index in [1.807, 2.05) is 12.3 Å². The van der Waals surface area contributed by atoms with Gasteiger partial charge in [0.1, 0.15) is 0 Å². The lowest BCUT2D eigenvalue weighted by atomic mass is 10.3. The van der Waals surface area contributed by atoms with Gasteiger partial charge in [-0.25, -0.2) is 0 Å². The second kappa shape index (κ2) is 2.42. The van der Waals surface area contributed by atoms with Crippen molar-refractivity contribution in [2.75, 3.05) is 0 Å². The fourth-order valence-electron chi connectivity index (χ4n) is 1.54. The molecule has 2 heterocycles. The molecule has 2 rings (SSSR count). The summed E-state index contributed by atoms with van der Waals surface area (Å²) < 4.78 is 6.91. The van der Waals surface area contributed by atoms with Crippen molar-refractivity contribution >= 4 is 6.47 Å². The van der Waals surface area contributed by atoms with Crippen LogP contribution in [0.3, 0.4) is 0 Å². The van der Waals surface area contributed by atoms with Crippen molar-refractivity contribution in [3.63, 3.8) is 0 Å². The van der Waals surface area contributed by atoms with Crippen LogP contribution >= 0.6 is 0 Å². The van der Waals surface area contributed by atoms with Crippen molar-refractivity contribution in [1.29, 1.82) is 0 Å². The lowest BCUT2D eigenvalue weighted by Gasteiger charge is -1.96. The molecule has 0 aliphatic carbocycles. The molecule has 0 N–H and O–H groups in total. The molecule has 0 atom stereocenters. The van der Waals surface area contributed by atoms with Gasteiger partial charge in [-0.15, -0.1) is 0 Å². The predicted molar refractivity (Wildman–Crippen MR) is 39.4 cm³/mol. The molecule has 0 aromatic carbocycles. The maximum Gasteiger partial charge on any atom is 0.298 e. The number of hydrogen-bond acceptors (Lipinski definition) is 2. The van der Waals surface area contributed by atoms with Crippen molar-refractivity contribution < 1.29 is 9.53 Å². The summed E-state index contributed by atoms with van der Waals surface area (Å²) in [6.45, 7) is 1.53. The van der Waals surface area contributed by atoms with Gasteiger partial charge in [-0.3, -0.25) is 4.79 Å². The zero-order valence-corrected chi connectivity index (χ0v) is 6.12. The van der Waals surface area contributed by atoms with Crippen LogP contribution in [0, 0.1) is 0 Å². The van der Waals surface area contributed by atoms with Crippen LogP contribution < -0.4 is 4.74 Å². The van der Waals surface area contributed by atoms with Crippen LogP contribution in [0.4, 0.5) is 0 Å². The van der Waals surface area contributed by atoms with Gasteiger partial charge in [0, 0.05) is 12.7 Å². The van der Waals surface area contributed by atoms with E-state index >= 15 is 0 Å². The summed E-state index contributed by atoms with van der Waals surface area (Å²) in [5.41, 5.74) is 1.15. The minimum absolute atomic E-state index is 0.481. The van der Waals surface area contributed by atoms with Crippen LogP contribution in [-0.2, 0) is 17.8 Å². The Bertz CT molecular complexity index is 278. The molecule has 1 aliphatic rings. The summed E-state index contributed by atoms with van der Waals surface area (Å²) in [5, 5.41) is 0. The molecule has 1 aromatic rings. The van der Waals surface area contributed by atoms with Crippen LogP contribution in [0.25, 0.3) is 0 Å². The van der Waals surface area contributed by atoms with E-state index in [1.165, 1.54) is 0 Å². The number of carbonyl (C=O) groups is 1.